The van der Waals surface area contributed by atoms with E-state index in [9.17, 15) is 17.6 Å². The smallest absolute Gasteiger partial charge is 0.422 e. The quantitative estimate of drug-likeness (QED) is 0.118. The van der Waals surface area contributed by atoms with Crippen LogP contribution in [0, 0.1) is 23.5 Å². The second-order valence-corrected chi connectivity index (χ2v) is 9.56. The summed E-state index contributed by atoms with van der Waals surface area (Å²) < 4.78 is 70.6. The molecule has 0 radical (unpaired) electrons. The molecule has 0 N–H and O–H groups in total. The van der Waals surface area contributed by atoms with Gasteiger partial charge in [-0.1, -0.05) is 80.1 Å². The summed E-state index contributed by atoms with van der Waals surface area (Å²) >= 11 is 0. The maximum atomic E-state index is 15.2. The Kier molecular flexibility index (Phi) is 9.24. The molecular formula is C33H29F5O. The molecule has 4 aromatic carbocycles. The minimum absolute atomic E-state index is 0.145. The molecule has 0 amide bonds. The molecule has 0 bridgehead atoms. The van der Waals surface area contributed by atoms with Crippen molar-refractivity contribution in [1.29, 1.82) is 0 Å². The van der Waals surface area contributed by atoms with Crippen molar-refractivity contribution in [1.82, 2.24) is 0 Å². The standard InChI is InChI=1S/C33H29F5O/c1-2-3-4-5-23-6-8-24(9-7-23)10-11-25-13-18-29-28(20-25)17-16-27(32(29)35)15-12-26-14-19-31(30(34)21-26)39-22-33(36,37)38/h6-9,13-14,16-21H,2-5,10-11,22H2,1H3. The van der Waals surface area contributed by atoms with Gasteiger partial charge in [0.15, 0.2) is 18.2 Å². The lowest BCUT2D eigenvalue weighted by atomic mass is 9.98. The van der Waals surface area contributed by atoms with Gasteiger partial charge in [-0.05, 0) is 72.0 Å². The average molecular weight is 537 g/mol. The molecule has 4 rings (SSSR count). The summed E-state index contributed by atoms with van der Waals surface area (Å²) in [5.41, 5.74) is 4.07. The van der Waals surface area contributed by atoms with Gasteiger partial charge in [0, 0.05) is 10.9 Å². The summed E-state index contributed by atoms with van der Waals surface area (Å²) in [5.74, 6) is 3.39. The number of unbranched alkanes of at least 4 members (excludes halogenated alkanes) is 2. The van der Waals surface area contributed by atoms with Crippen LogP contribution in [0.15, 0.2) is 72.8 Å². The molecule has 0 unspecified atom stereocenters. The zero-order valence-electron chi connectivity index (χ0n) is 21.7. The first kappa shape index (κ1) is 28.2. The van der Waals surface area contributed by atoms with Crippen LogP contribution in [-0.2, 0) is 19.3 Å². The largest absolute Gasteiger partial charge is 0.481 e. The summed E-state index contributed by atoms with van der Waals surface area (Å²) in [4.78, 5) is 0. The molecule has 0 aliphatic carbocycles. The number of hydrogen-bond donors (Lipinski definition) is 0. The summed E-state index contributed by atoms with van der Waals surface area (Å²) in [6, 6.07) is 21.1. The highest BCUT2D eigenvalue weighted by Gasteiger charge is 2.28. The topological polar surface area (TPSA) is 9.23 Å². The molecule has 0 saturated heterocycles. The first-order chi connectivity index (χ1) is 18.7. The number of fused-ring (bicyclic) bond motifs is 1. The SMILES string of the molecule is CCCCCc1ccc(CCc2ccc3c(F)c(C#Cc4ccc(OCC(F)(F)F)c(F)c4)ccc3c2)cc1. The van der Waals surface area contributed by atoms with E-state index in [0.29, 0.717) is 5.39 Å². The van der Waals surface area contributed by atoms with Gasteiger partial charge in [0.05, 0.1) is 5.56 Å². The van der Waals surface area contributed by atoms with Gasteiger partial charge in [0.25, 0.3) is 0 Å². The normalized spacial score (nSPS) is 11.3. The molecule has 1 nitrogen and oxygen atoms in total. The van der Waals surface area contributed by atoms with Gasteiger partial charge < -0.3 is 4.74 Å². The lowest BCUT2D eigenvalue weighted by molar-refractivity contribution is -0.153. The van der Waals surface area contributed by atoms with Crippen LogP contribution < -0.4 is 4.74 Å². The lowest BCUT2D eigenvalue weighted by Crippen LogP contribution is -2.19. The van der Waals surface area contributed by atoms with Crippen LogP contribution in [0.3, 0.4) is 0 Å². The maximum Gasteiger partial charge on any atom is 0.422 e. The Balaban J connectivity index is 1.41. The number of alkyl halides is 3. The van der Waals surface area contributed by atoms with Gasteiger partial charge in [-0.2, -0.15) is 13.2 Å². The fraction of sp³-hybridized carbons (Fsp3) is 0.273. The van der Waals surface area contributed by atoms with Crippen LogP contribution >= 0.6 is 0 Å². The van der Waals surface area contributed by atoms with E-state index in [2.05, 4.69) is 47.8 Å². The van der Waals surface area contributed by atoms with E-state index in [1.807, 2.05) is 12.1 Å². The second kappa shape index (κ2) is 12.8. The molecule has 202 valence electrons. The number of hydrogen-bond acceptors (Lipinski definition) is 1. The summed E-state index contributed by atoms with van der Waals surface area (Å²) in [5, 5.41) is 1.20. The van der Waals surface area contributed by atoms with Crippen molar-refractivity contribution in [2.75, 3.05) is 6.61 Å². The van der Waals surface area contributed by atoms with Gasteiger partial charge in [0.1, 0.15) is 5.82 Å². The summed E-state index contributed by atoms with van der Waals surface area (Å²) in [6.07, 6.45) is 1.95. The Labute approximate surface area is 225 Å². The van der Waals surface area contributed by atoms with Gasteiger partial charge in [-0.15, -0.1) is 0 Å². The van der Waals surface area contributed by atoms with Crippen molar-refractivity contribution >= 4 is 10.8 Å². The molecule has 0 fully saturated rings. The molecule has 0 aromatic heterocycles. The fourth-order valence-corrected chi connectivity index (χ4v) is 4.33. The maximum absolute atomic E-state index is 15.2. The number of ether oxygens (including phenoxy) is 1. The highest BCUT2D eigenvalue weighted by Crippen LogP contribution is 2.24. The molecule has 0 aliphatic heterocycles. The molecule has 4 aromatic rings. The van der Waals surface area contributed by atoms with Crippen molar-refractivity contribution in [3.8, 4) is 17.6 Å². The minimum Gasteiger partial charge on any atom is -0.481 e. The summed E-state index contributed by atoms with van der Waals surface area (Å²) in [6.45, 7) is 0.612. The molecule has 0 heterocycles. The predicted octanol–water partition coefficient (Wildman–Crippen LogP) is 8.98. The third-order valence-corrected chi connectivity index (χ3v) is 6.48. The molecule has 6 heteroatoms. The van der Waals surface area contributed by atoms with Gasteiger partial charge in [0.2, 0.25) is 0 Å². The minimum atomic E-state index is -4.57. The van der Waals surface area contributed by atoms with Crippen molar-refractivity contribution in [2.24, 2.45) is 0 Å². The number of rotatable bonds is 9. The Morgan fingerprint density at radius 3 is 2.10 bits per heavy atom. The van der Waals surface area contributed by atoms with Crippen LogP contribution in [0.25, 0.3) is 10.8 Å². The van der Waals surface area contributed by atoms with Gasteiger partial charge in [-0.3, -0.25) is 0 Å². The molecule has 0 atom stereocenters. The van der Waals surface area contributed by atoms with E-state index in [4.69, 9.17) is 0 Å². The highest BCUT2D eigenvalue weighted by molar-refractivity contribution is 5.85. The number of halogens is 5. The van der Waals surface area contributed by atoms with Crippen LogP contribution in [-0.4, -0.2) is 12.8 Å². The third kappa shape index (κ3) is 8.07. The van der Waals surface area contributed by atoms with Crippen molar-refractivity contribution in [3.05, 3.63) is 112 Å². The van der Waals surface area contributed by atoms with Crippen molar-refractivity contribution < 1.29 is 26.7 Å². The predicted molar refractivity (Wildman–Crippen MR) is 145 cm³/mol. The Bertz CT molecular complexity index is 1480. The first-order valence-electron chi connectivity index (χ1n) is 13.0. The molecular weight excluding hydrogens is 507 g/mol. The van der Waals surface area contributed by atoms with E-state index in [0.717, 1.165) is 42.3 Å². The molecule has 0 aliphatic rings. The van der Waals surface area contributed by atoms with Crippen LogP contribution in [0.4, 0.5) is 22.0 Å². The molecule has 0 spiro atoms. The van der Waals surface area contributed by atoms with E-state index in [-0.39, 0.29) is 11.1 Å². The van der Waals surface area contributed by atoms with E-state index < -0.39 is 30.2 Å². The van der Waals surface area contributed by atoms with Crippen LogP contribution in [0.1, 0.15) is 54.0 Å². The zero-order chi connectivity index (χ0) is 27.8. The second-order valence-electron chi connectivity index (χ2n) is 9.56. The Hall–Kier alpha value is -3.85. The van der Waals surface area contributed by atoms with E-state index in [1.165, 1.54) is 36.5 Å². The van der Waals surface area contributed by atoms with Crippen LogP contribution in [0.5, 0.6) is 5.75 Å². The van der Waals surface area contributed by atoms with Crippen molar-refractivity contribution in [2.45, 2.75) is 51.6 Å². The highest BCUT2D eigenvalue weighted by atomic mass is 19.4. The Morgan fingerprint density at radius 1 is 0.718 bits per heavy atom. The van der Waals surface area contributed by atoms with Crippen molar-refractivity contribution in [3.63, 3.8) is 0 Å². The van der Waals surface area contributed by atoms with E-state index in [1.54, 1.807) is 18.2 Å². The number of aryl methyl sites for hydroxylation is 3. The molecule has 0 saturated carbocycles. The summed E-state index contributed by atoms with van der Waals surface area (Å²) in [7, 11) is 0. The van der Waals surface area contributed by atoms with Crippen LogP contribution in [0.2, 0.25) is 0 Å². The zero-order valence-corrected chi connectivity index (χ0v) is 21.7. The van der Waals surface area contributed by atoms with Gasteiger partial charge >= 0.3 is 6.18 Å². The fourth-order valence-electron chi connectivity index (χ4n) is 4.33. The molecule has 39 heavy (non-hydrogen) atoms. The monoisotopic (exact) mass is 536 g/mol. The average Bonchev–Trinajstić information content (AvgIpc) is 2.91. The number of benzene rings is 4. The third-order valence-electron chi connectivity index (χ3n) is 6.48. The van der Waals surface area contributed by atoms with Gasteiger partial charge in [-0.25, -0.2) is 8.78 Å². The lowest BCUT2D eigenvalue weighted by Gasteiger charge is -2.09. The van der Waals surface area contributed by atoms with E-state index >= 15 is 4.39 Å². The Morgan fingerprint density at radius 2 is 1.41 bits per heavy atom. The first-order valence-corrected chi connectivity index (χ1v) is 13.0.